The molecule has 0 aliphatic carbocycles. The van der Waals surface area contributed by atoms with Crippen molar-refractivity contribution in [1.82, 2.24) is 15.5 Å². The van der Waals surface area contributed by atoms with Crippen molar-refractivity contribution in [2.75, 3.05) is 5.43 Å². The Hall–Kier alpha value is -2.41. The molecule has 0 fully saturated rings. The van der Waals surface area contributed by atoms with Crippen molar-refractivity contribution in [2.45, 2.75) is 13.5 Å². The maximum absolute atomic E-state index is 11.7. The van der Waals surface area contributed by atoms with Crippen molar-refractivity contribution < 1.29 is 9.32 Å². The average Bonchev–Trinajstić information content (AvgIpc) is 2.82. The first kappa shape index (κ1) is 12.1. The van der Waals surface area contributed by atoms with Gasteiger partial charge in [0.2, 0.25) is 0 Å². The number of amides is 1. The normalized spacial score (nSPS) is 10.1. The van der Waals surface area contributed by atoms with Crippen LogP contribution in [0, 0.1) is 6.92 Å². The number of nitrogens with one attached hydrogen (secondary N) is 2. The third-order valence-corrected chi connectivity index (χ3v) is 2.27. The molecule has 4 N–H and O–H groups in total. The molecule has 1 amide bonds. The van der Waals surface area contributed by atoms with Gasteiger partial charge in [0, 0.05) is 6.07 Å². The summed E-state index contributed by atoms with van der Waals surface area (Å²) in [5.74, 6) is 5.63. The quantitative estimate of drug-likeness (QED) is 0.539. The van der Waals surface area contributed by atoms with Crippen LogP contribution in [0.2, 0.25) is 0 Å². The van der Waals surface area contributed by atoms with Gasteiger partial charge in [0.25, 0.3) is 5.91 Å². The highest BCUT2D eigenvalue weighted by molar-refractivity contribution is 5.92. The number of carbonyl (C=O) groups excluding carboxylic acids is 1. The van der Waals surface area contributed by atoms with E-state index < -0.39 is 0 Å². The van der Waals surface area contributed by atoms with E-state index in [2.05, 4.69) is 20.9 Å². The number of aromatic nitrogens is 2. The lowest BCUT2D eigenvalue weighted by atomic mass is 10.3. The molecule has 0 saturated carbocycles. The molecule has 2 aromatic rings. The van der Waals surface area contributed by atoms with E-state index in [1.54, 1.807) is 25.1 Å². The maximum Gasteiger partial charge on any atom is 0.270 e. The molecule has 2 heterocycles. The minimum atomic E-state index is -0.278. The summed E-state index contributed by atoms with van der Waals surface area (Å²) in [4.78, 5) is 15.7. The van der Waals surface area contributed by atoms with Gasteiger partial charge in [-0.25, -0.2) is 4.98 Å². The smallest absolute Gasteiger partial charge is 0.270 e. The first-order valence-electron chi connectivity index (χ1n) is 5.32. The van der Waals surface area contributed by atoms with E-state index in [4.69, 9.17) is 10.4 Å². The fourth-order valence-corrected chi connectivity index (χ4v) is 1.38. The zero-order valence-corrected chi connectivity index (χ0v) is 9.80. The van der Waals surface area contributed by atoms with Crippen molar-refractivity contribution in [3.05, 3.63) is 41.5 Å². The Balaban J connectivity index is 1.94. The number of carbonyl (C=O) groups is 1. The van der Waals surface area contributed by atoms with Gasteiger partial charge in [0.1, 0.15) is 17.1 Å². The van der Waals surface area contributed by atoms with Gasteiger partial charge in [-0.2, -0.15) is 0 Å². The van der Waals surface area contributed by atoms with E-state index >= 15 is 0 Å². The molecule has 0 bridgehead atoms. The standard InChI is InChI=1S/C11H13N5O2/c1-7-4-9(16-18-7)6-14-11(17)10-3-2-8(15-12)5-13-10/h2-5,15H,6,12H2,1H3,(H,14,17). The Bertz CT molecular complexity index is 535. The summed E-state index contributed by atoms with van der Waals surface area (Å²) in [6, 6.07) is 5.01. The number of hydrogen-bond donors (Lipinski definition) is 3. The summed E-state index contributed by atoms with van der Waals surface area (Å²) in [6.07, 6.45) is 1.48. The molecule has 2 rings (SSSR count). The van der Waals surface area contributed by atoms with E-state index in [0.29, 0.717) is 29.4 Å². The molecule has 0 aromatic carbocycles. The summed E-state index contributed by atoms with van der Waals surface area (Å²) in [6.45, 7) is 2.09. The number of hydrogen-bond acceptors (Lipinski definition) is 6. The predicted molar refractivity (Wildman–Crippen MR) is 64.5 cm³/mol. The molecular weight excluding hydrogens is 234 g/mol. The van der Waals surface area contributed by atoms with Gasteiger partial charge in [-0.15, -0.1) is 0 Å². The van der Waals surface area contributed by atoms with Crippen LogP contribution >= 0.6 is 0 Å². The van der Waals surface area contributed by atoms with Gasteiger partial charge in [0.15, 0.2) is 0 Å². The maximum atomic E-state index is 11.7. The van der Waals surface area contributed by atoms with Crippen molar-refractivity contribution in [2.24, 2.45) is 5.84 Å². The SMILES string of the molecule is Cc1cc(CNC(=O)c2ccc(NN)cn2)no1. The van der Waals surface area contributed by atoms with Crippen molar-refractivity contribution in [3.63, 3.8) is 0 Å². The van der Waals surface area contributed by atoms with E-state index in [0.717, 1.165) is 0 Å². The number of rotatable bonds is 4. The van der Waals surface area contributed by atoms with Crippen molar-refractivity contribution in [1.29, 1.82) is 0 Å². The lowest BCUT2D eigenvalue weighted by Gasteiger charge is -2.03. The first-order chi connectivity index (χ1) is 8.69. The van der Waals surface area contributed by atoms with Crippen LogP contribution in [0.4, 0.5) is 5.69 Å². The second-order valence-electron chi connectivity index (χ2n) is 3.69. The minimum absolute atomic E-state index is 0.278. The zero-order chi connectivity index (χ0) is 13.0. The molecule has 0 spiro atoms. The summed E-state index contributed by atoms with van der Waals surface area (Å²) < 4.78 is 4.89. The Kier molecular flexibility index (Phi) is 3.54. The molecular formula is C11H13N5O2. The van der Waals surface area contributed by atoms with Crippen molar-refractivity contribution >= 4 is 11.6 Å². The summed E-state index contributed by atoms with van der Waals surface area (Å²) >= 11 is 0. The Morgan fingerprint density at radius 1 is 1.50 bits per heavy atom. The number of nitrogens with two attached hydrogens (primary N) is 1. The predicted octanol–water partition coefficient (Wildman–Crippen LogP) is 0.594. The fraction of sp³-hybridized carbons (Fsp3) is 0.182. The van der Waals surface area contributed by atoms with Crippen LogP contribution in [0.5, 0.6) is 0 Å². The summed E-state index contributed by atoms with van der Waals surface area (Å²) in [5, 5.41) is 6.46. The van der Waals surface area contributed by atoms with Gasteiger partial charge < -0.3 is 15.3 Å². The van der Waals surface area contributed by atoms with Crippen LogP contribution in [0.3, 0.4) is 0 Å². The van der Waals surface area contributed by atoms with E-state index in [1.165, 1.54) is 6.20 Å². The van der Waals surface area contributed by atoms with E-state index in [-0.39, 0.29) is 5.91 Å². The highest BCUT2D eigenvalue weighted by Crippen LogP contribution is 2.05. The first-order valence-corrected chi connectivity index (χ1v) is 5.32. The number of nitrogen functional groups attached to an aromatic ring is 1. The van der Waals surface area contributed by atoms with E-state index in [1.807, 2.05) is 0 Å². The van der Waals surface area contributed by atoms with Crippen LogP contribution in [0.25, 0.3) is 0 Å². The second-order valence-corrected chi connectivity index (χ2v) is 3.69. The number of hydrazine groups is 1. The Morgan fingerprint density at radius 2 is 2.33 bits per heavy atom. The third kappa shape index (κ3) is 2.83. The fourth-order valence-electron chi connectivity index (χ4n) is 1.38. The molecule has 0 radical (unpaired) electrons. The largest absolute Gasteiger partial charge is 0.361 e. The van der Waals surface area contributed by atoms with Crippen LogP contribution in [0.15, 0.2) is 28.9 Å². The van der Waals surface area contributed by atoms with Gasteiger partial charge in [0.05, 0.1) is 18.4 Å². The minimum Gasteiger partial charge on any atom is -0.361 e. The van der Waals surface area contributed by atoms with Gasteiger partial charge in [-0.05, 0) is 19.1 Å². The molecule has 0 saturated heterocycles. The van der Waals surface area contributed by atoms with Crippen molar-refractivity contribution in [3.8, 4) is 0 Å². The van der Waals surface area contributed by atoms with Crippen LogP contribution < -0.4 is 16.6 Å². The number of pyridine rings is 1. The molecule has 0 aliphatic rings. The summed E-state index contributed by atoms with van der Waals surface area (Å²) in [5.41, 5.74) is 4.06. The second kappa shape index (κ2) is 5.28. The molecule has 0 aliphatic heterocycles. The number of nitrogens with zero attached hydrogens (tertiary/aromatic N) is 2. The number of aryl methyl sites for hydroxylation is 1. The summed E-state index contributed by atoms with van der Waals surface area (Å²) in [7, 11) is 0. The topological polar surface area (TPSA) is 106 Å². The lowest BCUT2D eigenvalue weighted by Crippen LogP contribution is -2.24. The monoisotopic (exact) mass is 247 g/mol. The molecule has 2 aromatic heterocycles. The van der Waals surface area contributed by atoms with Gasteiger partial charge >= 0.3 is 0 Å². The Labute approximate surface area is 103 Å². The number of anilines is 1. The average molecular weight is 247 g/mol. The molecule has 94 valence electrons. The molecule has 0 unspecified atom stereocenters. The van der Waals surface area contributed by atoms with Gasteiger partial charge in [-0.3, -0.25) is 10.6 Å². The van der Waals surface area contributed by atoms with Crippen LogP contribution in [-0.2, 0) is 6.54 Å². The molecule has 7 nitrogen and oxygen atoms in total. The van der Waals surface area contributed by atoms with Crippen LogP contribution in [0.1, 0.15) is 21.9 Å². The van der Waals surface area contributed by atoms with Crippen LogP contribution in [-0.4, -0.2) is 16.0 Å². The molecule has 7 heteroatoms. The lowest BCUT2D eigenvalue weighted by molar-refractivity contribution is 0.0945. The zero-order valence-electron chi connectivity index (χ0n) is 9.80. The molecule has 18 heavy (non-hydrogen) atoms. The molecule has 0 atom stereocenters. The highest BCUT2D eigenvalue weighted by atomic mass is 16.5. The van der Waals surface area contributed by atoms with Gasteiger partial charge in [-0.1, -0.05) is 5.16 Å². The highest BCUT2D eigenvalue weighted by Gasteiger charge is 2.08. The third-order valence-electron chi connectivity index (χ3n) is 2.27. The van der Waals surface area contributed by atoms with E-state index in [9.17, 15) is 4.79 Å². The Morgan fingerprint density at radius 3 is 2.89 bits per heavy atom.